The van der Waals surface area contributed by atoms with Crippen LogP contribution in [-0.4, -0.2) is 22.7 Å². The maximum absolute atomic E-state index is 6.59. The van der Waals surface area contributed by atoms with E-state index in [1.165, 1.54) is 231 Å². The first-order chi connectivity index (χ1) is 26.0. The second-order valence-corrected chi connectivity index (χ2v) is 18.2. The van der Waals surface area contributed by atoms with Gasteiger partial charge in [0.2, 0.25) is 0 Å². The van der Waals surface area contributed by atoms with Crippen LogP contribution in [0.1, 0.15) is 279 Å². The Morgan fingerprint density at radius 3 is 1.17 bits per heavy atom. The summed E-state index contributed by atoms with van der Waals surface area (Å²) in [5.41, 5.74) is 0. The lowest BCUT2D eigenvalue weighted by molar-refractivity contribution is 0.160. The zero-order chi connectivity index (χ0) is 38.9. The minimum atomic E-state index is 0.341. The zero-order valence-electron chi connectivity index (χ0n) is 37.0. The first-order valence-corrected chi connectivity index (χ1v) is 25.2. The standard InChI is InChI=1S/C44H86OS.C5H11NS/c1-4-7-9-11-13-15-17-19-21-23-28-32-36-42(37-33-29-24-22-20-18-16-14-12-10-8-5-2)44(46)45-43(6-3)38-34-30-26-25-27-31-35-41-39-40-41;1-3-4-6-5(2)7/h41-43H,4-40H2,1-3H3;3-4H2,1-2H3,(H,6,7). The van der Waals surface area contributed by atoms with Gasteiger partial charge in [-0.05, 0) is 63.6 Å². The molecule has 0 amide bonds. The van der Waals surface area contributed by atoms with Crippen LogP contribution in [-0.2, 0) is 4.74 Å². The predicted octanol–water partition coefficient (Wildman–Crippen LogP) is 17.8. The van der Waals surface area contributed by atoms with Gasteiger partial charge in [-0.1, -0.05) is 245 Å². The van der Waals surface area contributed by atoms with Crippen LogP contribution in [0.5, 0.6) is 0 Å². The van der Waals surface area contributed by atoms with Crippen LogP contribution in [0.25, 0.3) is 0 Å². The summed E-state index contributed by atoms with van der Waals surface area (Å²) >= 11 is 10.8. The molecule has 0 aromatic carbocycles. The Morgan fingerprint density at radius 2 is 0.849 bits per heavy atom. The van der Waals surface area contributed by atoms with Crippen LogP contribution in [0.4, 0.5) is 0 Å². The van der Waals surface area contributed by atoms with Gasteiger partial charge in [0.1, 0.15) is 0 Å². The zero-order valence-corrected chi connectivity index (χ0v) is 38.7. The van der Waals surface area contributed by atoms with Gasteiger partial charge >= 0.3 is 0 Å². The van der Waals surface area contributed by atoms with Crippen molar-refractivity contribution >= 4 is 34.5 Å². The summed E-state index contributed by atoms with van der Waals surface area (Å²) < 4.78 is 6.59. The van der Waals surface area contributed by atoms with Crippen molar-refractivity contribution < 1.29 is 4.74 Å². The maximum Gasteiger partial charge on any atom is 0.163 e. The van der Waals surface area contributed by atoms with Crippen LogP contribution in [0.2, 0.25) is 0 Å². The Kier molecular flexibility index (Phi) is 42.7. The van der Waals surface area contributed by atoms with Crippen molar-refractivity contribution in [2.45, 2.75) is 285 Å². The molecule has 1 rings (SSSR count). The molecule has 0 bridgehead atoms. The van der Waals surface area contributed by atoms with E-state index in [1.807, 2.05) is 6.92 Å². The highest BCUT2D eigenvalue weighted by molar-refractivity contribution is 7.80. The van der Waals surface area contributed by atoms with Crippen LogP contribution in [0.15, 0.2) is 0 Å². The molecule has 1 aliphatic rings. The fourth-order valence-electron chi connectivity index (χ4n) is 7.67. The largest absolute Gasteiger partial charge is 0.484 e. The molecule has 1 unspecified atom stereocenters. The molecule has 0 aromatic heterocycles. The van der Waals surface area contributed by atoms with Crippen molar-refractivity contribution in [3.05, 3.63) is 0 Å². The van der Waals surface area contributed by atoms with Gasteiger partial charge in [-0.25, -0.2) is 0 Å². The predicted molar refractivity (Wildman–Crippen MR) is 249 cm³/mol. The van der Waals surface area contributed by atoms with Gasteiger partial charge in [0.05, 0.1) is 11.1 Å². The van der Waals surface area contributed by atoms with Crippen molar-refractivity contribution in [2.75, 3.05) is 6.54 Å². The lowest BCUT2D eigenvalue weighted by Gasteiger charge is -2.24. The van der Waals surface area contributed by atoms with Gasteiger partial charge < -0.3 is 10.1 Å². The van der Waals surface area contributed by atoms with Crippen molar-refractivity contribution in [2.24, 2.45) is 11.8 Å². The van der Waals surface area contributed by atoms with Gasteiger partial charge in [-0.15, -0.1) is 0 Å². The molecule has 0 aromatic rings. The molecule has 2 nitrogen and oxygen atoms in total. The van der Waals surface area contributed by atoms with E-state index in [0.717, 1.165) is 35.3 Å². The highest BCUT2D eigenvalue weighted by Crippen LogP contribution is 2.34. The van der Waals surface area contributed by atoms with Gasteiger partial charge in [0, 0.05) is 12.5 Å². The van der Waals surface area contributed by atoms with Crippen LogP contribution in [0.3, 0.4) is 0 Å². The van der Waals surface area contributed by atoms with Crippen LogP contribution in [0, 0.1) is 11.8 Å². The summed E-state index contributed by atoms with van der Waals surface area (Å²) in [6.07, 6.45) is 53.3. The Balaban J connectivity index is 0.00000348. The van der Waals surface area contributed by atoms with Crippen molar-refractivity contribution in [3.63, 3.8) is 0 Å². The molecule has 316 valence electrons. The third kappa shape index (κ3) is 41.2. The minimum absolute atomic E-state index is 0.341. The summed E-state index contributed by atoms with van der Waals surface area (Å²) in [7, 11) is 0. The molecule has 4 heteroatoms. The monoisotopic (exact) mass is 780 g/mol. The third-order valence-corrected chi connectivity index (χ3v) is 12.2. The smallest absolute Gasteiger partial charge is 0.163 e. The van der Waals surface area contributed by atoms with Crippen molar-refractivity contribution in [1.29, 1.82) is 0 Å². The Labute approximate surface area is 346 Å². The Bertz CT molecular complexity index is 725. The molecule has 0 aliphatic heterocycles. The lowest BCUT2D eigenvalue weighted by Crippen LogP contribution is -2.23. The van der Waals surface area contributed by atoms with Crippen LogP contribution < -0.4 is 5.32 Å². The highest BCUT2D eigenvalue weighted by Gasteiger charge is 2.20. The molecule has 0 saturated heterocycles. The quantitative estimate of drug-likeness (QED) is 0.0494. The van der Waals surface area contributed by atoms with Crippen LogP contribution >= 0.6 is 24.4 Å². The molecule has 1 saturated carbocycles. The Morgan fingerprint density at radius 1 is 0.491 bits per heavy atom. The van der Waals surface area contributed by atoms with E-state index in [-0.39, 0.29) is 0 Å². The van der Waals surface area contributed by atoms with E-state index in [0.29, 0.717) is 12.0 Å². The third-order valence-electron chi connectivity index (χ3n) is 11.6. The van der Waals surface area contributed by atoms with E-state index >= 15 is 0 Å². The number of thiocarbonyl (C=S) groups is 2. The summed E-state index contributed by atoms with van der Waals surface area (Å²) in [5.74, 6) is 1.61. The van der Waals surface area contributed by atoms with E-state index in [2.05, 4.69) is 33.0 Å². The fourth-order valence-corrected chi connectivity index (χ4v) is 8.14. The molecule has 1 fully saturated rings. The van der Waals surface area contributed by atoms with E-state index in [1.54, 1.807) is 0 Å². The molecule has 53 heavy (non-hydrogen) atoms. The fraction of sp³-hybridized carbons (Fsp3) is 0.959. The highest BCUT2D eigenvalue weighted by atomic mass is 32.1. The molecule has 0 heterocycles. The van der Waals surface area contributed by atoms with E-state index in [4.69, 9.17) is 29.2 Å². The SMILES string of the molecule is CCCCCCCCCCCCCCC(CCCCCCCCCCCCCC)C(=S)OC(CC)CCCCCCCCC1CC1.CCCNC(C)=S. The molecule has 1 N–H and O–H groups in total. The van der Waals surface area contributed by atoms with Gasteiger partial charge in [-0.2, -0.15) is 0 Å². The summed E-state index contributed by atoms with van der Waals surface area (Å²) in [6.45, 7) is 11.9. The molecule has 0 spiro atoms. The average Bonchev–Trinajstić information content (AvgIpc) is 3.99. The number of rotatable bonds is 40. The molecule has 1 aliphatic carbocycles. The summed E-state index contributed by atoms with van der Waals surface area (Å²) in [6, 6.07) is 0. The number of ether oxygens (including phenoxy) is 1. The second-order valence-electron chi connectivity index (χ2n) is 17.1. The van der Waals surface area contributed by atoms with E-state index in [9.17, 15) is 0 Å². The molecule has 0 radical (unpaired) electrons. The number of nitrogens with one attached hydrogen (secondary N) is 1. The number of hydrogen-bond donors (Lipinski definition) is 1. The van der Waals surface area contributed by atoms with Crippen molar-refractivity contribution in [1.82, 2.24) is 5.32 Å². The topological polar surface area (TPSA) is 21.3 Å². The molecular formula is C49H97NOS2. The maximum atomic E-state index is 6.59. The second kappa shape index (κ2) is 42.9. The van der Waals surface area contributed by atoms with Gasteiger partial charge in [0.25, 0.3) is 0 Å². The number of hydrogen-bond acceptors (Lipinski definition) is 3. The molecular weight excluding hydrogens is 683 g/mol. The van der Waals surface area contributed by atoms with Gasteiger partial charge in [0.15, 0.2) is 5.05 Å². The first-order valence-electron chi connectivity index (χ1n) is 24.4. The summed E-state index contributed by atoms with van der Waals surface area (Å²) in [5, 5.41) is 4.00. The number of unbranched alkanes of at least 4 members (excludes halogenated alkanes) is 27. The van der Waals surface area contributed by atoms with Crippen molar-refractivity contribution in [3.8, 4) is 0 Å². The van der Waals surface area contributed by atoms with E-state index < -0.39 is 0 Å². The Hall–Kier alpha value is -0.220. The first kappa shape index (κ1) is 52.8. The lowest BCUT2D eigenvalue weighted by atomic mass is 9.94. The summed E-state index contributed by atoms with van der Waals surface area (Å²) in [4.78, 5) is 0.891. The van der Waals surface area contributed by atoms with Gasteiger partial charge in [-0.3, -0.25) is 0 Å². The molecule has 1 atom stereocenters. The minimum Gasteiger partial charge on any atom is -0.484 e. The normalized spacial score (nSPS) is 13.2. The average molecular weight is 780 g/mol.